The van der Waals surface area contributed by atoms with Gasteiger partial charge in [0.1, 0.15) is 11.5 Å². The number of nitrogens with two attached hydrogens (primary N) is 1. The third-order valence-corrected chi connectivity index (χ3v) is 2.37. The van der Waals surface area contributed by atoms with Gasteiger partial charge in [0.25, 0.3) is 0 Å². The Kier molecular flexibility index (Phi) is 2.60. The molecule has 0 aromatic carbocycles. The standard InChI is InChI=1S/C11H15N3O/c1-8-5-13-14(6-8)7-11-3-10(4-12)9(2)15-11/h3,5-6H,4,7,12H2,1-2H3. The topological polar surface area (TPSA) is 57.0 Å². The Morgan fingerprint density at radius 3 is 2.80 bits per heavy atom. The zero-order chi connectivity index (χ0) is 10.8. The van der Waals surface area contributed by atoms with Crippen LogP contribution in [0, 0.1) is 13.8 Å². The first-order valence-corrected chi connectivity index (χ1v) is 4.96. The van der Waals surface area contributed by atoms with Gasteiger partial charge in [-0.3, -0.25) is 4.68 Å². The molecule has 0 aliphatic rings. The third-order valence-electron chi connectivity index (χ3n) is 2.37. The van der Waals surface area contributed by atoms with E-state index in [1.165, 1.54) is 0 Å². The van der Waals surface area contributed by atoms with Crippen LogP contribution in [0.4, 0.5) is 0 Å². The van der Waals surface area contributed by atoms with E-state index in [0.717, 1.165) is 22.6 Å². The molecule has 0 saturated heterocycles. The molecule has 0 fully saturated rings. The molecular weight excluding hydrogens is 190 g/mol. The first-order chi connectivity index (χ1) is 7.19. The van der Waals surface area contributed by atoms with Gasteiger partial charge >= 0.3 is 0 Å². The molecule has 0 aliphatic carbocycles. The van der Waals surface area contributed by atoms with Gasteiger partial charge in [-0.05, 0) is 25.5 Å². The average molecular weight is 205 g/mol. The van der Waals surface area contributed by atoms with E-state index < -0.39 is 0 Å². The molecule has 2 aromatic heterocycles. The van der Waals surface area contributed by atoms with E-state index >= 15 is 0 Å². The first kappa shape index (κ1) is 9.98. The number of hydrogen-bond donors (Lipinski definition) is 1. The minimum atomic E-state index is 0.521. The molecule has 0 bridgehead atoms. The normalized spacial score (nSPS) is 10.9. The van der Waals surface area contributed by atoms with E-state index in [9.17, 15) is 0 Å². The van der Waals surface area contributed by atoms with Gasteiger partial charge in [-0.1, -0.05) is 0 Å². The van der Waals surface area contributed by atoms with Gasteiger partial charge in [-0.2, -0.15) is 5.10 Å². The second-order valence-electron chi connectivity index (χ2n) is 3.71. The fourth-order valence-corrected chi connectivity index (χ4v) is 1.58. The molecule has 2 rings (SSSR count). The lowest BCUT2D eigenvalue weighted by atomic mass is 10.2. The molecule has 2 N–H and O–H groups in total. The molecule has 4 nitrogen and oxygen atoms in total. The summed E-state index contributed by atoms with van der Waals surface area (Å²) >= 11 is 0. The van der Waals surface area contributed by atoms with E-state index in [-0.39, 0.29) is 0 Å². The fourth-order valence-electron chi connectivity index (χ4n) is 1.58. The predicted molar refractivity (Wildman–Crippen MR) is 57.4 cm³/mol. The number of nitrogens with zero attached hydrogens (tertiary/aromatic N) is 2. The van der Waals surface area contributed by atoms with Crippen LogP contribution in [0.3, 0.4) is 0 Å². The zero-order valence-electron chi connectivity index (χ0n) is 9.03. The number of hydrogen-bond acceptors (Lipinski definition) is 3. The van der Waals surface area contributed by atoms with Crippen LogP contribution >= 0.6 is 0 Å². The van der Waals surface area contributed by atoms with Crippen molar-refractivity contribution < 1.29 is 4.42 Å². The van der Waals surface area contributed by atoms with Crippen molar-refractivity contribution >= 4 is 0 Å². The van der Waals surface area contributed by atoms with Crippen molar-refractivity contribution in [3.05, 3.63) is 41.1 Å². The third kappa shape index (κ3) is 2.10. The molecule has 0 amide bonds. The van der Waals surface area contributed by atoms with Crippen molar-refractivity contribution in [1.29, 1.82) is 0 Å². The maximum atomic E-state index is 5.58. The van der Waals surface area contributed by atoms with Gasteiger partial charge in [0, 0.05) is 18.3 Å². The molecule has 4 heteroatoms. The smallest absolute Gasteiger partial charge is 0.125 e. The Hall–Kier alpha value is -1.55. The van der Waals surface area contributed by atoms with Crippen molar-refractivity contribution in [1.82, 2.24) is 9.78 Å². The minimum Gasteiger partial charge on any atom is -0.464 e. The number of aromatic nitrogens is 2. The molecule has 0 radical (unpaired) electrons. The fraction of sp³-hybridized carbons (Fsp3) is 0.364. The quantitative estimate of drug-likeness (QED) is 0.828. The highest BCUT2D eigenvalue weighted by Crippen LogP contribution is 2.14. The van der Waals surface area contributed by atoms with Crippen LogP contribution in [-0.2, 0) is 13.1 Å². The zero-order valence-corrected chi connectivity index (χ0v) is 9.03. The van der Waals surface area contributed by atoms with Crippen LogP contribution in [0.1, 0.15) is 22.6 Å². The predicted octanol–water partition coefficient (Wildman–Crippen LogP) is 1.60. The molecular formula is C11H15N3O. The van der Waals surface area contributed by atoms with Gasteiger partial charge in [0.2, 0.25) is 0 Å². The summed E-state index contributed by atoms with van der Waals surface area (Å²) < 4.78 is 7.43. The lowest BCUT2D eigenvalue weighted by Gasteiger charge is -1.96. The first-order valence-electron chi connectivity index (χ1n) is 4.96. The molecule has 80 valence electrons. The molecule has 0 aliphatic heterocycles. The van der Waals surface area contributed by atoms with E-state index in [1.54, 1.807) is 0 Å². The Morgan fingerprint density at radius 2 is 2.27 bits per heavy atom. The van der Waals surface area contributed by atoms with Crippen LogP contribution in [-0.4, -0.2) is 9.78 Å². The monoisotopic (exact) mass is 205 g/mol. The Morgan fingerprint density at radius 1 is 1.47 bits per heavy atom. The number of rotatable bonds is 3. The summed E-state index contributed by atoms with van der Waals surface area (Å²) in [5, 5.41) is 4.20. The SMILES string of the molecule is Cc1cnn(Cc2cc(CN)c(C)o2)c1. The maximum absolute atomic E-state index is 5.58. The van der Waals surface area contributed by atoms with Gasteiger partial charge in [0.15, 0.2) is 0 Å². The summed E-state index contributed by atoms with van der Waals surface area (Å²) in [6.45, 7) is 5.13. The van der Waals surface area contributed by atoms with Crippen LogP contribution in [0.2, 0.25) is 0 Å². The lowest BCUT2D eigenvalue weighted by Crippen LogP contribution is -1.98. The number of furan rings is 1. The van der Waals surface area contributed by atoms with Gasteiger partial charge < -0.3 is 10.2 Å². The maximum Gasteiger partial charge on any atom is 0.125 e. The summed E-state index contributed by atoms with van der Waals surface area (Å²) in [6.07, 6.45) is 3.82. The van der Waals surface area contributed by atoms with Crippen LogP contribution < -0.4 is 5.73 Å². The van der Waals surface area contributed by atoms with Gasteiger partial charge in [-0.25, -0.2) is 0 Å². The lowest BCUT2D eigenvalue weighted by molar-refractivity contribution is 0.457. The average Bonchev–Trinajstić information content (AvgIpc) is 2.73. The molecule has 2 aromatic rings. The molecule has 15 heavy (non-hydrogen) atoms. The molecule has 0 spiro atoms. The second-order valence-corrected chi connectivity index (χ2v) is 3.71. The minimum absolute atomic E-state index is 0.521. The van der Waals surface area contributed by atoms with Crippen LogP contribution in [0.25, 0.3) is 0 Å². The van der Waals surface area contributed by atoms with Crippen LogP contribution in [0.5, 0.6) is 0 Å². The van der Waals surface area contributed by atoms with Gasteiger partial charge in [-0.15, -0.1) is 0 Å². The van der Waals surface area contributed by atoms with Crippen molar-refractivity contribution in [2.45, 2.75) is 26.9 Å². The van der Waals surface area contributed by atoms with Crippen molar-refractivity contribution in [2.75, 3.05) is 0 Å². The highest BCUT2D eigenvalue weighted by atomic mass is 16.3. The molecule has 0 saturated carbocycles. The Bertz CT molecular complexity index is 456. The van der Waals surface area contributed by atoms with E-state index in [0.29, 0.717) is 13.1 Å². The van der Waals surface area contributed by atoms with Crippen molar-refractivity contribution in [3.8, 4) is 0 Å². The largest absolute Gasteiger partial charge is 0.464 e. The van der Waals surface area contributed by atoms with E-state index in [4.69, 9.17) is 10.2 Å². The van der Waals surface area contributed by atoms with E-state index in [1.807, 2.05) is 37.0 Å². The summed E-state index contributed by atoms with van der Waals surface area (Å²) in [7, 11) is 0. The number of aryl methyl sites for hydroxylation is 2. The van der Waals surface area contributed by atoms with Gasteiger partial charge in [0.05, 0.1) is 12.7 Å². The summed E-state index contributed by atoms with van der Waals surface area (Å²) in [5.41, 5.74) is 7.79. The summed E-state index contributed by atoms with van der Waals surface area (Å²) in [5.74, 6) is 1.80. The Balaban J connectivity index is 2.17. The molecule has 0 unspecified atom stereocenters. The molecule has 0 atom stereocenters. The summed E-state index contributed by atoms with van der Waals surface area (Å²) in [6, 6.07) is 1.99. The summed E-state index contributed by atoms with van der Waals surface area (Å²) in [4.78, 5) is 0. The van der Waals surface area contributed by atoms with Crippen molar-refractivity contribution in [3.63, 3.8) is 0 Å². The van der Waals surface area contributed by atoms with E-state index in [2.05, 4.69) is 5.10 Å². The highest BCUT2D eigenvalue weighted by Gasteiger charge is 2.06. The Labute approximate surface area is 88.7 Å². The van der Waals surface area contributed by atoms with Crippen molar-refractivity contribution in [2.24, 2.45) is 5.73 Å². The molecule has 2 heterocycles. The second kappa shape index (κ2) is 3.90. The highest BCUT2D eigenvalue weighted by molar-refractivity contribution is 5.20. The van der Waals surface area contributed by atoms with Crippen LogP contribution in [0.15, 0.2) is 22.9 Å².